The Labute approximate surface area is 205 Å². The van der Waals surface area contributed by atoms with Gasteiger partial charge in [-0.05, 0) is 57.0 Å². The van der Waals surface area contributed by atoms with E-state index in [1.165, 1.54) is 23.1 Å². The summed E-state index contributed by atoms with van der Waals surface area (Å²) in [4.78, 5) is 27.2. The van der Waals surface area contributed by atoms with Crippen LogP contribution in [-0.4, -0.2) is 50.0 Å². The third kappa shape index (κ3) is 7.99. The lowest BCUT2D eigenvalue weighted by Crippen LogP contribution is -2.49. The number of rotatable bonds is 11. The van der Waals surface area contributed by atoms with Crippen LogP contribution in [0.2, 0.25) is 5.02 Å². The molecule has 1 N–H and O–H groups in total. The molecular weight excluding hydrogens is 481 g/mol. The number of anilines is 1. The second kappa shape index (κ2) is 12.2. The minimum atomic E-state index is -3.76. The summed E-state index contributed by atoms with van der Waals surface area (Å²) in [6.07, 6.45) is 1.12. The Morgan fingerprint density at radius 2 is 1.68 bits per heavy atom. The fourth-order valence-corrected chi connectivity index (χ4v) is 4.50. The van der Waals surface area contributed by atoms with E-state index in [1.807, 2.05) is 13.8 Å². The van der Waals surface area contributed by atoms with Gasteiger partial charge in [0, 0.05) is 30.6 Å². The van der Waals surface area contributed by atoms with Crippen LogP contribution >= 0.6 is 11.6 Å². The molecule has 0 aliphatic heterocycles. The number of hydrogen-bond donors (Lipinski definition) is 1. The normalized spacial score (nSPS) is 12.3. The molecule has 0 saturated heterocycles. The first kappa shape index (κ1) is 27.6. The summed E-state index contributed by atoms with van der Waals surface area (Å²) in [5, 5.41) is 3.37. The molecule has 0 fully saturated rings. The van der Waals surface area contributed by atoms with E-state index in [-0.39, 0.29) is 49.5 Å². The van der Waals surface area contributed by atoms with Crippen molar-refractivity contribution in [1.29, 1.82) is 0 Å². The Morgan fingerprint density at radius 3 is 2.24 bits per heavy atom. The maximum Gasteiger partial charge on any atom is 0.242 e. The van der Waals surface area contributed by atoms with E-state index >= 15 is 0 Å². The summed E-state index contributed by atoms with van der Waals surface area (Å²) < 4.78 is 39.7. The van der Waals surface area contributed by atoms with Gasteiger partial charge in [-0.15, -0.1) is 0 Å². The van der Waals surface area contributed by atoms with E-state index in [0.29, 0.717) is 5.02 Å². The zero-order valence-corrected chi connectivity index (χ0v) is 21.4. The van der Waals surface area contributed by atoms with Crippen molar-refractivity contribution in [1.82, 2.24) is 10.2 Å². The van der Waals surface area contributed by atoms with Gasteiger partial charge in [0.25, 0.3) is 0 Å². The van der Waals surface area contributed by atoms with Crippen molar-refractivity contribution in [2.45, 2.75) is 52.2 Å². The Balaban J connectivity index is 2.17. The summed E-state index contributed by atoms with van der Waals surface area (Å²) >= 11 is 5.95. The van der Waals surface area contributed by atoms with Gasteiger partial charge in [0.05, 0.1) is 11.9 Å². The lowest BCUT2D eigenvalue weighted by molar-refractivity contribution is -0.140. The molecule has 0 unspecified atom stereocenters. The molecule has 2 rings (SSSR count). The molecule has 34 heavy (non-hydrogen) atoms. The van der Waals surface area contributed by atoms with Gasteiger partial charge in [0.15, 0.2) is 0 Å². The molecule has 0 radical (unpaired) electrons. The number of carbonyl (C=O) groups is 2. The van der Waals surface area contributed by atoms with Gasteiger partial charge in [-0.2, -0.15) is 0 Å². The van der Waals surface area contributed by atoms with E-state index in [0.717, 1.165) is 16.1 Å². The number of hydrogen-bond acceptors (Lipinski definition) is 4. The van der Waals surface area contributed by atoms with Crippen LogP contribution in [0.25, 0.3) is 0 Å². The first-order valence-corrected chi connectivity index (χ1v) is 13.2. The van der Waals surface area contributed by atoms with E-state index in [4.69, 9.17) is 11.6 Å². The van der Waals surface area contributed by atoms with Gasteiger partial charge < -0.3 is 10.2 Å². The standard InChI is InChI=1S/C24H31ClFN3O4S/c1-17(2)27-24(31)18(3)28(16-19-11-13-20(25)14-12-19)23(30)10-7-15-29(34(4,32)33)22-9-6-5-8-21(22)26/h5-6,8-9,11-14,17-18H,7,10,15-16H2,1-4H3,(H,27,31)/t18-/m1/s1. The number of amides is 2. The summed E-state index contributed by atoms with van der Waals surface area (Å²) in [5.41, 5.74) is 0.728. The summed E-state index contributed by atoms with van der Waals surface area (Å²) in [6.45, 7) is 5.42. The number of benzene rings is 2. The van der Waals surface area contributed by atoms with Crippen LogP contribution in [0.15, 0.2) is 48.5 Å². The second-order valence-electron chi connectivity index (χ2n) is 8.38. The lowest BCUT2D eigenvalue weighted by Gasteiger charge is -2.30. The van der Waals surface area contributed by atoms with Crippen LogP contribution in [0.3, 0.4) is 0 Å². The number of nitrogens with one attached hydrogen (secondary N) is 1. The van der Waals surface area contributed by atoms with Crippen LogP contribution < -0.4 is 9.62 Å². The minimum absolute atomic E-state index is 0.0205. The maximum atomic E-state index is 14.2. The van der Waals surface area contributed by atoms with Gasteiger partial charge in [-0.3, -0.25) is 13.9 Å². The fraction of sp³-hybridized carbons (Fsp3) is 0.417. The number of para-hydroxylation sites is 1. The molecule has 186 valence electrons. The van der Waals surface area contributed by atoms with E-state index < -0.39 is 21.9 Å². The molecule has 0 aliphatic carbocycles. The van der Waals surface area contributed by atoms with E-state index in [2.05, 4.69) is 5.32 Å². The van der Waals surface area contributed by atoms with Gasteiger partial charge in [0.2, 0.25) is 21.8 Å². The predicted molar refractivity (Wildman–Crippen MR) is 133 cm³/mol. The Bertz CT molecular complexity index is 1090. The average molecular weight is 512 g/mol. The molecule has 0 heterocycles. The van der Waals surface area contributed by atoms with Crippen molar-refractivity contribution in [2.24, 2.45) is 0 Å². The van der Waals surface area contributed by atoms with Gasteiger partial charge >= 0.3 is 0 Å². The van der Waals surface area contributed by atoms with Gasteiger partial charge in [-0.1, -0.05) is 35.9 Å². The van der Waals surface area contributed by atoms with Gasteiger partial charge in [-0.25, -0.2) is 12.8 Å². The van der Waals surface area contributed by atoms with Crippen molar-refractivity contribution in [2.75, 3.05) is 17.1 Å². The van der Waals surface area contributed by atoms with Crippen LogP contribution in [0.4, 0.5) is 10.1 Å². The van der Waals surface area contributed by atoms with Crippen molar-refractivity contribution < 1.29 is 22.4 Å². The second-order valence-corrected chi connectivity index (χ2v) is 10.7. The number of nitrogens with zero attached hydrogens (tertiary/aromatic N) is 2. The quantitative estimate of drug-likeness (QED) is 0.494. The zero-order chi connectivity index (χ0) is 25.5. The minimum Gasteiger partial charge on any atom is -0.352 e. The highest BCUT2D eigenvalue weighted by Gasteiger charge is 2.27. The third-order valence-corrected chi connectivity index (χ3v) is 6.57. The summed E-state index contributed by atoms with van der Waals surface area (Å²) in [7, 11) is -3.76. The van der Waals surface area contributed by atoms with Crippen molar-refractivity contribution >= 4 is 39.1 Å². The molecule has 0 aliphatic rings. The highest BCUT2D eigenvalue weighted by molar-refractivity contribution is 7.92. The predicted octanol–water partition coefficient (Wildman–Crippen LogP) is 3.97. The van der Waals surface area contributed by atoms with E-state index in [9.17, 15) is 22.4 Å². The van der Waals surface area contributed by atoms with E-state index in [1.54, 1.807) is 37.3 Å². The molecule has 1 atom stereocenters. The number of carbonyl (C=O) groups excluding carboxylic acids is 2. The molecule has 2 aromatic rings. The van der Waals surface area contributed by atoms with Crippen molar-refractivity contribution in [3.63, 3.8) is 0 Å². The van der Waals surface area contributed by atoms with Crippen molar-refractivity contribution in [3.05, 3.63) is 64.9 Å². The number of sulfonamides is 1. The highest BCUT2D eigenvalue weighted by Crippen LogP contribution is 2.22. The first-order valence-electron chi connectivity index (χ1n) is 11.0. The van der Waals surface area contributed by atoms with Crippen molar-refractivity contribution in [3.8, 4) is 0 Å². The molecular formula is C24H31ClFN3O4S. The van der Waals surface area contributed by atoms with Crippen LogP contribution in [0.5, 0.6) is 0 Å². The molecule has 7 nitrogen and oxygen atoms in total. The Kier molecular flexibility index (Phi) is 9.88. The smallest absolute Gasteiger partial charge is 0.242 e. The fourth-order valence-electron chi connectivity index (χ4n) is 3.41. The topological polar surface area (TPSA) is 86.8 Å². The molecule has 2 amide bonds. The van der Waals surface area contributed by atoms with Crippen LogP contribution in [-0.2, 0) is 26.2 Å². The maximum absolute atomic E-state index is 14.2. The monoisotopic (exact) mass is 511 g/mol. The molecule has 0 aromatic heterocycles. The third-order valence-electron chi connectivity index (χ3n) is 5.14. The average Bonchev–Trinajstić information content (AvgIpc) is 2.75. The van der Waals surface area contributed by atoms with Crippen LogP contribution in [0.1, 0.15) is 39.2 Å². The molecule has 0 spiro atoms. The molecule has 2 aromatic carbocycles. The molecule has 10 heteroatoms. The SMILES string of the molecule is CC(C)NC(=O)[C@@H](C)N(Cc1ccc(Cl)cc1)C(=O)CCCN(c1ccccc1F)S(C)(=O)=O. The van der Waals surface area contributed by atoms with Gasteiger partial charge in [0.1, 0.15) is 11.9 Å². The Morgan fingerprint density at radius 1 is 1.06 bits per heavy atom. The summed E-state index contributed by atoms with van der Waals surface area (Å²) in [5.74, 6) is -1.27. The summed E-state index contributed by atoms with van der Waals surface area (Å²) in [6, 6.07) is 11.7. The Hall–Kier alpha value is -2.65. The lowest BCUT2D eigenvalue weighted by atomic mass is 10.1. The highest BCUT2D eigenvalue weighted by atomic mass is 35.5. The number of halogens is 2. The largest absolute Gasteiger partial charge is 0.352 e. The molecule has 0 saturated carbocycles. The molecule has 0 bridgehead atoms. The first-order chi connectivity index (χ1) is 15.9. The van der Waals surface area contributed by atoms with Crippen LogP contribution in [0, 0.1) is 5.82 Å². The zero-order valence-electron chi connectivity index (χ0n) is 19.8.